The molecule has 2 aliphatic heterocycles. The summed E-state index contributed by atoms with van der Waals surface area (Å²) in [7, 11) is 0. The zero-order valence-corrected chi connectivity index (χ0v) is 16.2. The Bertz CT molecular complexity index is 787. The SMILES string of the molecule is NC(=O)C1CCCN1C1CCN(c2nc(-c3ccccc3Cl)cs2)CC1. The molecule has 3 heterocycles. The van der Waals surface area contributed by atoms with Crippen LogP contribution in [0.3, 0.4) is 0 Å². The fourth-order valence-corrected chi connectivity index (χ4v) is 5.23. The first-order valence-corrected chi connectivity index (χ1v) is 10.4. The number of benzene rings is 1. The van der Waals surface area contributed by atoms with Gasteiger partial charge >= 0.3 is 0 Å². The Morgan fingerprint density at radius 3 is 2.69 bits per heavy atom. The first kappa shape index (κ1) is 17.8. The number of carbonyl (C=O) groups excluding carboxylic acids is 1. The Kier molecular flexibility index (Phi) is 5.16. The number of primary amides is 1. The van der Waals surface area contributed by atoms with Crippen molar-refractivity contribution in [2.45, 2.75) is 37.8 Å². The van der Waals surface area contributed by atoms with Crippen LogP contribution in [0.15, 0.2) is 29.6 Å². The number of anilines is 1. The van der Waals surface area contributed by atoms with Gasteiger partial charge in [-0.3, -0.25) is 9.69 Å². The first-order valence-electron chi connectivity index (χ1n) is 9.14. The summed E-state index contributed by atoms with van der Waals surface area (Å²) in [6, 6.07) is 8.20. The number of rotatable bonds is 4. The fraction of sp³-hybridized carbons (Fsp3) is 0.474. The summed E-state index contributed by atoms with van der Waals surface area (Å²) in [4.78, 5) is 21.1. The second-order valence-corrected chi connectivity index (χ2v) is 8.26. The van der Waals surface area contributed by atoms with Crippen molar-refractivity contribution < 1.29 is 4.79 Å². The smallest absolute Gasteiger partial charge is 0.234 e. The van der Waals surface area contributed by atoms with Crippen molar-refractivity contribution in [2.24, 2.45) is 5.73 Å². The minimum absolute atomic E-state index is 0.0711. The zero-order valence-electron chi connectivity index (χ0n) is 14.6. The maximum absolute atomic E-state index is 11.7. The van der Waals surface area contributed by atoms with Crippen LogP contribution < -0.4 is 10.6 Å². The van der Waals surface area contributed by atoms with E-state index < -0.39 is 0 Å². The van der Waals surface area contributed by atoms with E-state index in [1.54, 1.807) is 11.3 Å². The summed E-state index contributed by atoms with van der Waals surface area (Å²) < 4.78 is 0. The van der Waals surface area contributed by atoms with Gasteiger partial charge in [0.15, 0.2) is 5.13 Å². The number of hydrogen-bond donors (Lipinski definition) is 1. The Balaban J connectivity index is 1.41. The first-order chi connectivity index (χ1) is 12.6. The number of nitrogens with two attached hydrogens (primary N) is 1. The number of amides is 1. The average Bonchev–Trinajstić information content (AvgIpc) is 3.32. The molecule has 0 aliphatic carbocycles. The summed E-state index contributed by atoms with van der Waals surface area (Å²) >= 11 is 7.96. The summed E-state index contributed by atoms with van der Waals surface area (Å²) in [5, 5.41) is 3.85. The van der Waals surface area contributed by atoms with Crippen molar-refractivity contribution >= 4 is 34.0 Å². The lowest BCUT2D eigenvalue weighted by atomic mass is 10.0. The van der Waals surface area contributed by atoms with Crippen molar-refractivity contribution in [1.29, 1.82) is 0 Å². The van der Waals surface area contributed by atoms with Crippen LogP contribution in [-0.4, -0.2) is 47.5 Å². The number of likely N-dealkylation sites (tertiary alicyclic amines) is 1. The molecule has 5 nitrogen and oxygen atoms in total. The van der Waals surface area contributed by atoms with Crippen LogP contribution in [0.4, 0.5) is 5.13 Å². The maximum Gasteiger partial charge on any atom is 0.234 e. The number of nitrogens with zero attached hydrogens (tertiary/aromatic N) is 3. The van der Waals surface area contributed by atoms with E-state index in [0.717, 1.165) is 66.7 Å². The highest BCUT2D eigenvalue weighted by Gasteiger charge is 2.35. The van der Waals surface area contributed by atoms with Gasteiger partial charge in [-0.2, -0.15) is 0 Å². The minimum Gasteiger partial charge on any atom is -0.368 e. The summed E-state index contributed by atoms with van der Waals surface area (Å²) in [5.74, 6) is -0.172. The van der Waals surface area contributed by atoms with Crippen LogP contribution in [0.25, 0.3) is 11.3 Å². The molecule has 4 rings (SSSR count). The van der Waals surface area contributed by atoms with Gasteiger partial charge in [-0.1, -0.05) is 29.8 Å². The lowest BCUT2D eigenvalue weighted by molar-refractivity contribution is -0.123. The third kappa shape index (κ3) is 3.46. The molecule has 2 aromatic rings. The van der Waals surface area contributed by atoms with Crippen molar-refractivity contribution in [1.82, 2.24) is 9.88 Å². The van der Waals surface area contributed by atoms with Gasteiger partial charge in [0.1, 0.15) is 0 Å². The molecule has 1 unspecified atom stereocenters. The molecule has 0 saturated carbocycles. The molecule has 1 aromatic carbocycles. The molecule has 0 bridgehead atoms. The molecule has 1 amide bonds. The van der Waals surface area contributed by atoms with E-state index in [0.29, 0.717) is 6.04 Å². The Morgan fingerprint density at radius 2 is 1.96 bits per heavy atom. The third-order valence-corrected chi connectivity index (χ3v) is 6.70. The molecular formula is C19H23ClN4OS. The monoisotopic (exact) mass is 390 g/mol. The van der Waals surface area contributed by atoms with Crippen molar-refractivity contribution in [3.05, 3.63) is 34.7 Å². The molecular weight excluding hydrogens is 368 g/mol. The minimum atomic E-state index is -0.172. The van der Waals surface area contributed by atoms with Gasteiger partial charge < -0.3 is 10.6 Å². The number of hydrogen-bond acceptors (Lipinski definition) is 5. The highest BCUT2D eigenvalue weighted by atomic mass is 35.5. The van der Waals surface area contributed by atoms with Gasteiger partial charge in [-0.25, -0.2) is 4.98 Å². The zero-order chi connectivity index (χ0) is 18.1. The van der Waals surface area contributed by atoms with E-state index in [-0.39, 0.29) is 11.9 Å². The third-order valence-electron chi connectivity index (χ3n) is 5.47. The lowest BCUT2D eigenvalue weighted by Gasteiger charge is -2.38. The summed E-state index contributed by atoms with van der Waals surface area (Å²) in [6.45, 7) is 2.91. The van der Waals surface area contributed by atoms with E-state index >= 15 is 0 Å². The topological polar surface area (TPSA) is 62.5 Å². The van der Waals surface area contributed by atoms with Crippen LogP contribution in [0.2, 0.25) is 5.02 Å². The predicted octanol–water partition coefficient (Wildman–Crippen LogP) is 3.38. The standard InChI is InChI=1S/C19H23ClN4OS/c20-15-5-2-1-4-14(15)16-12-26-19(22-16)23-10-7-13(8-11-23)24-9-3-6-17(24)18(21)25/h1-2,4-5,12-13,17H,3,6-11H2,(H2,21,25). The van der Waals surface area contributed by atoms with Crippen LogP contribution >= 0.6 is 22.9 Å². The Morgan fingerprint density at radius 1 is 1.19 bits per heavy atom. The van der Waals surface area contributed by atoms with Crippen molar-refractivity contribution in [2.75, 3.05) is 24.5 Å². The van der Waals surface area contributed by atoms with E-state index in [9.17, 15) is 4.79 Å². The molecule has 2 N–H and O–H groups in total. The van der Waals surface area contributed by atoms with Crippen molar-refractivity contribution in [3.63, 3.8) is 0 Å². The quantitative estimate of drug-likeness (QED) is 0.869. The second-order valence-electron chi connectivity index (χ2n) is 7.01. The molecule has 26 heavy (non-hydrogen) atoms. The van der Waals surface area contributed by atoms with Gasteiger partial charge in [-0.05, 0) is 38.3 Å². The van der Waals surface area contributed by atoms with Gasteiger partial charge in [0, 0.05) is 35.1 Å². The van der Waals surface area contributed by atoms with Crippen LogP contribution in [0, 0.1) is 0 Å². The van der Waals surface area contributed by atoms with Gasteiger partial charge in [0.2, 0.25) is 5.91 Å². The molecule has 7 heteroatoms. The Hall–Kier alpha value is -1.63. The molecule has 2 fully saturated rings. The molecule has 0 radical (unpaired) electrons. The largest absolute Gasteiger partial charge is 0.368 e. The van der Waals surface area contributed by atoms with Gasteiger partial charge in [-0.15, -0.1) is 11.3 Å². The van der Waals surface area contributed by atoms with Crippen LogP contribution in [-0.2, 0) is 4.79 Å². The number of carbonyl (C=O) groups is 1. The van der Waals surface area contributed by atoms with E-state index in [4.69, 9.17) is 22.3 Å². The summed E-state index contributed by atoms with van der Waals surface area (Å²) in [6.07, 6.45) is 4.07. The van der Waals surface area contributed by atoms with Crippen LogP contribution in [0.5, 0.6) is 0 Å². The molecule has 2 saturated heterocycles. The number of halogens is 1. The fourth-order valence-electron chi connectivity index (χ4n) is 4.12. The van der Waals surface area contributed by atoms with Crippen LogP contribution in [0.1, 0.15) is 25.7 Å². The van der Waals surface area contributed by atoms with Gasteiger partial charge in [0.25, 0.3) is 0 Å². The average molecular weight is 391 g/mol. The number of piperidine rings is 1. The van der Waals surface area contributed by atoms with Gasteiger partial charge in [0.05, 0.1) is 11.7 Å². The van der Waals surface area contributed by atoms with E-state index in [1.165, 1.54) is 0 Å². The lowest BCUT2D eigenvalue weighted by Crippen LogP contribution is -2.50. The highest BCUT2D eigenvalue weighted by molar-refractivity contribution is 7.14. The molecule has 138 valence electrons. The van der Waals surface area contributed by atoms with Crippen molar-refractivity contribution in [3.8, 4) is 11.3 Å². The summed E-state index contributed by atoms with van der Waals surface area (Å²) in [5.41, 5.74) is 7.49. The second kappa shape index (κ2) is 7.55. The maximum atomic E-state index is 11.7. The number of thiazole rings is 1. The van der Waals surface area contributed by atoms with E-state index in [1.807, 2.05) is 24.3 Å². The predicted molar refractivity (Wildman–Crippen MR) is 107 cm³/mol. The molecule has 1 atom stereocenters. The highest BCUT2D eigenvalue weighted by Crippen LogP contribution is 2.34. The molecule has 1 aromatic heterocycles. The van der Waals surface area contributed by atoms with E-state index in [2.05, 4.69) is 15.2 Å². The molecule has 2 aliphatic rings. The molecule has 0 spiro atoms. The number of aromatic nitrogens is 1. The normalized spacial score (nSPS) is 22.0. The Labute approximate surface area is 162 Å².